The third kappa shape index (κ3) is 5.69. The summed E-state index contributed by atoms with van der Waals surface area (Å²) < 4.78 is 6.35. The molecule has 2 aromatic carbocycles. The van der Waals surface area contributed by atoms with Gasteiger partial charge in [0, 0.05) is 22.7 Å². The van der Waals surface area contributed by atoms with Crippen LogP contribution in [0.4, 0.5) is 0 Å². The largest absolute Gasteiger partial charge is 0.497 e. The highest BCUT2D eigenvalue weighted by molar-refractivity contribution is 7.19. The minimum absolute atomic E-state index is 0.234. The molecule has 3 aromatic rings. The fourth-order valence-corrected chi connectivity index (χ4v) is 3.98. The summed E-state index contributed by atoms with van der Waals surface area (Å²) in [5, 5.41) is 28.4. The predicted molar refractivity (Wildman–Crippen MR) is 119 cm³/mol. The number of aliphatic hydroxyl groups is 2. The van der Waals surface area contributed by atoms with Crippen LogP contribution in [-0.2, 0) is 0 Å². The molecule has 0 bridgehead atoms. The van der Waals surface area contributed by atoms with E-state index in [4.69, 9.17) is 4.74 Å². The highest BCUT2D eigenvalue weighted by atomic mass is 32.1. The van der Waals surface area contributed by atoms with Crippen molar-refractivity contribution in [1.82, 2.24) is 10.6 Å². The summed E-state index contributed by atoms with van der Waals surface area (Å²) in [4.78, 5) is 5.37. The predicted octanol–water partition coefficient (Wildman–Crippen LogP) is 3.23. The van der Waals surface area contributed by atoms with Gasteiger partial charge in [0.1, 0.15) is 11.9 Å². The van der Waals surface area contributed by atoms with Gasteiger partial charge in [0.15, 0.2) is 5.96 Å². The lowest BCUT2D eigenvalue weighted by Gasteiger charge is -2.16. The molecule has 0 saturated carbocycles. The second kappa shape index (κ2) is 10.2. The van der Waals surface area contributed by atoms with Crippen molar-refractivity contribution in [1.29, 1.82) is 0 Å². The van der Waals surface area contributed by atoms with Gasteiger partial charge in [-0.2, -0.15) is 0 Å². The molecule has 4 N–H and O–H groups in total. The maximum atomic E-state index is 10.5. The first kappa shape index (κ1) is 21.1. The van der Waals surface area contributed by atoms with Crippen LogP contribution < -0.4 is 15.4 Å². The summed E-state index contributed by atoms with van der Waals surface area (Å²) in [6.45, 7) is 3.17. The van der Waals surface area contributed by atoms with Gasteiger partial charge in [0.25, 0.3) is 0 Å². The number of nitrogens with zero attached hydrogens (tertiary/aromatic N) is 1. The summed E-state index contributed by atoms with van der Waals surface area (Å²) in [5.41, 5.74) is 0.762. The Labute approximate surface area is 174 Å². The van der Waals surface area contributed by atoms with Crippen molar-refractivity contribution in [3.63, 3.8) is 0 Å². The van der Waals surface area contributed by atoms with E-state index in [2.05, 4.69) is 15.6 Å². The summed E-state index contributed by atoms with van der Waals surface area (Å²) in [5.74, 6) is 1.25. The topological polar surface area (TPSA) is 86.1 Å². The fraction of sp³-hybridized carbons (Fsp3) is 0.318. The van der Waals surface area contributed by atoms with Crippen LogP contribution in [0.25, 0.3) is 10.1 Å². The molecule has 2 unspecified atom stereocenters. The van der Waals surface area contributed by atoms with E-state index >= 15 is 0 Å². The van der Waals surface area contributed by atoms with Gasteiger partial charge in [-0.25, -0.2) is 0 Å². The van der Waals surface area contributed by atoms with E-state index in [0.717, 1.165) is 20.5 Å². The van der Waals surface area contributed by atoms with E-state index in [1.165, 1.54) is 0 Å². The third-order valence-electron chi connectivity index (χ3n) is 4.48. The molecule has 0 fully saturated rings. The first-order valence-electron chi connectivity index (χ1n) is 9.61. The first-order chi connectivity index (χ1) is 14.1. The van der Waals surface area contributed by atoms with E-state index in [-0.39, 0.29) is 13.1 Å². The Hall–Kier alpha value is -2.61. The Kier molecular flexibility index (Phi) is 7.46. The molecule has 1 aromatic heterocycles. The zero-order chi connectivity index (χ0) is 20.6. The van der Waals surface area contributed by atoms with Gasteiger partial charge in [0.05, 0.1) is 19.8 Å². The molecule has 0 aliphatic rings. The van der Waals surface area contributed by atoms with Crippen molar-refractivity contribution in [3.05, 3.63) is 65.0 Å². The summed E-state index contributed by atoms with van der Waals surface area (Å²) in [7, 11) is 1.60. The number of fused-ring (bicyclic) bond motifs is 1. The summed E-state index contributed by atoms with van der Waals surface area (Å²) >= 11 is 1.58. The number of aliphatic imine (C=N–C) groups is 1. The second-order valence-electron chi connectivity index (χ2n) is 6.60. The Balaban J connectivity index is 1.61. The summed E-state index contributed by atoms with van der Waals surface area (Å²) in [6, 6.07) is 17.4. The van der Waals surface area contributed by atoms with Crippen LogP contribution in [0.15, 0.2) is 59.6 Å². The average Bonchev–Trinajstić information content (AvgIpc) is 3.19. The zero-order valence-corrected chi connectivity index (χ0v) is 17.4. The van der Waals surface area contributed by atoms with Crippen molar-refractivity contribution in [3.8, 4) is 5.75 Å². The first-order valence-corrected chi connectivity index (χ1v) is 10.4. The Morgan fingerprint density at radius 1 is 1.07 bits per heavy atom. The van der Waals surface area contributed by atoms with E-state index in [9.17, 15) is 10.2 Å². The van der Waals surface area contributed by atoms with Crippen LogP contribution in [0.2, 0.25) is 0 Å². The van der Waals surface area contributed by atoms with Crippen LogP contribution in [0.1, 0.15) is 29.6 Å². The van der Waals surface area contributed by atoms with Crippen LogP contribution >= 0.6 is 11.3 Å². The molecule has 0 saturated heterocycles. The van der Waals surface area contributed by atoms with Crippen molar-refractivity contribution in [2.75, 3.05) is 26.7 Å². The third-order valence-corrected chi connectivity index (χ3v) is 5.70. The van der Waals surface area contributed by atoms with Crippen molar-refractivity contribution >= 4 is 27.4 Å². The zero-order valence-electron chi connectivity index (χ0n) is 16.6. The molecular weight excluding hydrogens is 386 g/mol. The number of nitrogens with one attached hydrogen (secondary N) is 2. The monoisotopic (exact) mass is 413 g/mol. The molecule has 7 heteroatoms. The van der Waals surface area contributed by atoms with E-state index < -0.39 is 12.2 Å². The number of hydrogen-bond acceptors (Lipinski definition) is 5. The molecule has 154 valence electrons. The lowest BCUT2D eigenvalue weighted by Crippen LogP contribution is -2.39. The quantitative estimate of drug-likeness (QED) is 0.337. The van der Waals surface area contributed by atoms with Gasteiger partial charge in [-0.15, -0.1) is 11.3 Å². The Morgan fingerprint density at radius 2 is 1.90 bits per heavy atom. The normalized spacial score (nSPS) is 13.9. The number of hydrogen-bond donors (Lipinski definition) is 4. The van der Waals surface area contributed by atoms with E-state index in [0.29, 0.717) is 18.3 Å². The van der Waals surface area contributed by atoms with E-state index in [1.807, 2.05) is 61.5 Å². The highest BCUT2D eigenvalue weighted by Gasteiger charge is 2.13. The lowest BCUT2D eigenvalue weighted by atomic mass is 10.1. The van der Waals surface area contributed by atoms with Crippen LogP contribution in [0.5, 0.6) is 5.75 Å². The van der Waals surface area contributed by atoms with E-state index in [1.54, 1.807) is 18.4 Å². The van der Waals surface area contributed by atoms with Crippen LogP contribution in [-0.4, -0.2) is 42.9 Å². The van der Waals surface area contributed by atoms with Gasteiger partial charge in [0.2, 0.25) is 0 Å². The highest BCUT2D eigenvalue weighted by Crippen LogP contribution is 2.29. The molecule has 0 aliphatic heterocycles. The molecule has 1 heterocycles. The number of guanidine groups is 1. The van der Waals surface area contributed by atoms with Gasteiger partial charge >= 0.3 is 0 Å². The minimum atomic E-state index is -0.707. The number of rotatable bonds is 8. The smallest absolute Gasteiger partial charge is 0.191 e. The maximum absolute atomic E-state index is 10.5. The number of methoxy groups -OCH3 is 1. The molecule has 0 spiro atoms. The van der Waals surface area contributed by atoms with Gasteiger partial charge in [-0.3, -0.25) is 4.99 Å². The standard InChI is InChI=1S/C22H27N3O3S/c1-3-23-22(24-13-18(26)15-8-6-9-17(11-15)28-2)25-14-19(27)21-12-16-7-4-5-10-20(16)29-21/h4-12,18-19,26-27H,3,13-14H2,1-2H3,(H2,23,24,25). The maximum Gasteiger partial charge on any atom is 0.191 e. The van der Waals surface area contributed by atoms with Crippen LogP contribution in [0, 0.1) is 0 Å². The molecule has 2 atom stereocenters. The fourth-order valence-electron chi connectivity index (χ4n) is 2.94. The molecule has 29 heavy (non-hydrogen) atoms. The minimum Gasteiger partial charge on any atom is -0.497 e. The Morgan fingerprint density at radius 3 is 2.66 bits per heavy atom. The molecule has 0 aliphatic carbocycles. The number of thiophene rings is 1. The molecule has 0 amide bonds. The van der Waals surface area contributed by atoms with Crippen molar-refractivity contribution in [2.24, 2.45) is 4.99 Å². The lowest BCUT2D eigenvalue weighted by molar-refractivity contribution is 0.180. The Bertz CT molecular complexity index is 924. The molecule has 6 nitrogen and oxygen atoms in total. The second-order valence-corrected chi connectivity index (χ2v) is 7.71. The van der Waals surface area contributed by atoms with Gasteiger partial charge in [-0.1, -0.05) is 30.3 Å². The van der Waals surface area contributed by atoms with Gasteiger partial charge in [-0.05, 0) is 42.1 Å². The van der Waals surface area contributed by atoms with Gasteiger partial charge < -0.3 is 25.6 Å². The molecule has 3 rings (SSSR count). The number of ether oxygens (including phenoxy) is 1. The SMILES string of the molecule is CCNC(=NCC(O)c1cc2ccccc2s1)NCC(O)c1cccc(OC)c1. The number of aliphatic hydroxyl groups excluding tert-OH is 2. The molecule has 0 radical (unpaired) electrons. The van der Waals surface area contributed by atoms with Crippen molar-refractivity contribution in [2.45, 2.75) is 19.1 Å². The van der Waals surface area contributed by atoms with Crippen molar-refractivity contribution < 1.29 is 14.9 Å². The van der Waals surface area contributed by atoms with Crippen LogP contribution in [0.3, 0.4) is 0 Å². The molecular formula is C22H27N3O3S. The average molecular weight is 414 g/mol. The number of benzene rings is 2. The summed E-state index contributed by atoms with van der Waals surface area (Å²) in [6.07, 6.45) is -1.38.